The molecule has 0 saturated carbocycles. The van der Waals surface area contributed by atoms with Gasteiger partial charge in [0.15, 0.2) is 5.82 Å². The van der Waals surface area contributed by atoms with Gasteiger partial charge in [-0.15, -0.1) is 16.4 Å². The Labute approximate surface area is 174 Å². The lowest BCUT2D eigenvalue weighted by Gasteiger charge is -2.09. The van der Waals surface area contributed by atoms with Gasteiger partial charge in [-0.3, -0.25) is 4.79 Å². The summed E-state index contributed by atoms with van der Waals surface area (Å²) in [6, 6.07) is 12.3. The molecule has 4 rings (SSSR count). The highest BCUT2D eigenvalue weighted by molar-refractivity contribution is 7.15. The largest absolute Gasteiger partial charge is 0.416 e. The molecule has 0 aliphatic carbocycles. The lowest BCUT2D eigenvalue weighted by molar-refractivity contribution is -0.137. The standard InChI is InChI=1S/C21H17F3N4OS/c1-13-5-7-14(8-6-13)18-26-20-28(27-18)17(12-30-20)9-10-25-19(29)15-3-2-4-16(11-15)21(22,23)24/h2-8,11-12H,9-10H2,1H3,(H,25,29). The molecule has 1 N–H and O–H groups in total. The van der Waals surface area contributed by atoms with E-state index in [1.165, 1.54) is 23.5 Å². The van der Waals surface area contributed by atoms with Crippen molar-refractivity contribution in [3.8, 4) is 11.4 Å². The molecule has 0 fully saturated rings. The minimum Gasteiger partial charge on any atom is -0.352 e. The monoisotopic (exact) mass is 430 g/mol. The molecule has 4 aromatic rings. The molecule has 2 aromatic heterocycles. The number of carbonyl (C=O) groups excluding carboxylic acids is 1. The van der Waals surface area contributed by atoms with E-state index in [9.17, 15) is 18.0 Å². The van der Waals surface area contributed by atoms with Gasteiger partial charge in [-0.2, -0.15) is 18.2 Å². The van der Waals surface area contributed by atoms with Crippen molar-refractivity contribution >= 4 is 22.2 Å². The number of nitrogens with one attached hydrogen (secondary N) is 1. The van der Waals surface area contributed by atoms with Gasteiger partial charge in [-0.05, 0) is 25.1 Å². The number of aryl methyl sites for hydroxylation is 1. The van der Waals surface area contributed by atoms with E-state index < -0.39 is 17.6 Å². The van der Waals surface area contributed by atoms with Gasteiger partial charge in [0.1, 0.15) is 0 Å². The number of halogens is 3. The second-order valence-corrected chi connectivity index (χ2v) is 7.64. The molecule has 9 heteroatoms. The van der Waals surface area contributed by atoms with Gasteiger partial charge in [0.05, 0.1) is 11.3 Å². The third-order valence-corrected chi connectivity index (χ3v) is 5.44. The van der Waals surface area contributed by atoms with E-state index in [1.54, 1.807) is 4.52 Å². The van der Waals surface area contributed by atoms with Crippen molar-refractivity contribution in [2.45, 2.75) is 19.5 Å². The number of carbonyl (C=O) groups is 1. The van der Waals surface area contributed by atoms with Gasteiger partial charge >= 0.3 is 6.18 Å². The lowest BCUT2D eigenvalue weighted by atomic mass is 10.1. The smallest absolute Gasteiger partial charge is 0.352 e. The predicted molar refractivity (Wildman–Crippen MR) is 109 cm³/mol. The van der Waals surface area contributed by atoms with Crippen LogP contribution >= 0.6 is 11.3 Å². The summed E-state index contributed by atoms with van der Waals surface area (Å²) in [5.41, 5.74) is 2.06. The van der Waals surface area contributed by atoms with Crippen LogP contribution in [0.3, 0.4) is 0 Å². The van der Waals surface area contributed by atoms with Crippen LogP contribution in [0, 0.1) is 6.92 Å². The number of benzene rings is 2. The summed E-state index contributed by atoms with van der Waals surface area (Å²) >= 11 is 1.44. The van der Waals surface area contributed by atoms with Crippen LogP contribution in [0.5, 0.6) is 0 Å². The highest BCUT2D eigenvalue weighted by atomic mass is 32.1. The molecule has 5 nitrogen and oxygen atoms in total. The normalized spacial score (nSPS) is 11.7. The summed E-state index contributed by atoms with van der Waals surface area (Å²) < 4.78 is 40.2. The van der Waals surface area contributed by atoms with Crippen LogP contribution in [0.2, 0.25) is 0 Å². The molecule has 30 heavy (non-hydrogen) atoms. The predicted octanol–water partition coefficient (Wildman–Crippen LogP) is 4.76. The third kappa shape index (κ3) is 4.20. The first-order chi connectivity index (χ1) is 14.3. The number of fused-ring (bicyclic) bond motifs is 1. The van der Waals surface area contributed by atoms with Crippen LogP contribution in [-0.2, 0) is 12.6 Å². The summed E-state index contributed by atoms with van der Waals surface area (Å²) in [7, 11) is 0. The van der Waals surface area contributed by atoms with E-state index >= 15 is 0 Å². The maximum atomic E-state index is 12.8. The lowest BCUT2D eigenvalue weighted by Crippen LogP contribution is -2.26. The highest BCUT2D eigenvalue weighted by Gasteiger charge is 2.30. The Hall–Kier alpha value is -3.20. The van der Waals surface area contributed by atoms with Gasteiger partial charge in [0.25, 0.3) is 5.91 Å². The average Bonchev–Trinajstić information content (AvgIpc) is 3.29. The summed E-state index contributed by atoms with van der Waals surface area (Å²) in [5.74, 6) is 0.0719. The second-order valence-electron chi connectivity index (χ2n) is 6.81. The zero-order valence-corrected chi connectivity index (χ0v) is 16.7. The third-order valence-electron chi connectivity index (χ3n) is 4.58. The fraction of sp³-hybridized carbons (Fsp3) is 0.190. The van der Waals surface area contributed by atoms with Crippen molar-refractivity contribution in [1.82, 2.24) is 19.9 Å². The first-order valence-electron chi connectivity index (χ1n) is 9.17. The maximum Gasteiger partial charge on any atom is 0.416 e. The molecule has 2 aromatic carbocycles. The molecule has 0 bridgehead atoms. The molecule has 0 spiro atoms. The van der Waals surface area contributed by atoms with E-state index in [1.807, 2.05) is 36.6 Å². The molecular weight excluding hydrogens is 413 g/mol. The summed E-state index contributed by atoms with van der Waals surface area (Å²) in [5, 5.41) is 9.11. The van der Waals surface area contributed by atoms with Gasteiger partial charge in [-0.25, -0.2) is 4.52 Å². The number of hydrogen-bond donors (Lipinski definition) is 1. The van der Waals surface area contributed by atoms with Crippen LogP contribution in [0.25, 0.3) is 16.3 Å². The van der Waals surface area contributed by atoms with Gasteiger partial charge in [-0.1, -0.05) is 35.9 Å². The Bertz CT molecular complexity index is 1200. The number of alkyl halides is 3. The van der Waals surface area contributed by atoms with Crippen molar-refractivity contribution in [3.05, 3.63) is 76.3 Å². The molecule has 2 heterocycles. The van der Waals surface area contributed by atoms with Crippen LogP contribution in [0.1, 0.15) is 27.2 Å². The maximum absolute atomic E-state index is 12.8. The molecule has 0 saturated heterocycles. The molecule has 1 amide bonds. The zero-order valence-electron chi connectivity index (χ0n) is 15.9. The van der Waals surface area contributed by atoms with Crippen molar-refractivity contribution in [2.24, 2.45) is 0 Å². The van der Waals surface area contributed by atoms with Crippen molar-refractivity contribution in [1.29, 1.82) is 0 Å². The van der Waals surface area contributed by atoms with E-state index in [2.05, 4.69) is 15.4 Å². The minimum absolute atomic E-state index is 0.0253. The molecular formula is C21H17F3N4OS. The topological polar surface area (TPSA) is 59.3 Å². The Morgan fingerprint density at radius 2 is 1.93 bits per heavy atom. The average molecular weight is 430 g/mol. The Balaban J connectivity index is 1.43. The first kappa shape index (κ1) is 20.1. The molecule has 0 aliphatic heterocycles. The van der Waals surface area contributed by atoms with Gasteiger partial charge in [0.2, 0.25) is 4.96 Å². The van der Waals surface area contributed by atoms with Gasteiger partial charge in [0, 0.05) is 29.5 Å². The molecule has 0 aliphatic rings. The van der Waals surface area contributed by atoms with Crippen LogP contribution in [0.15, 0.2) is 53.9 Å². The zero-order chi connectivity index (χ0) is 21.3. The number of nitrogens with zero attached hydrogens (tertiary/aromatic N) is 3. The summed E-state index contributed by atoms with van der Waals surface area (Å²) in [6.45, 7) is 2.27. The SMILES string of the molecule is Cc1ccc(-c2nc3scc(CCNC(=O)c4cccc(C(F)(F)F)c4)n3n2)cc1. The van der Waals surface area contributed by atoms with Crippen molar-refractivity contribution in [2.75, 3.05) is 6.54 Å². The number of aromatic nitrogens is 3. The molecule has 0 atom stereocenters. The Morgan fingerprint density at radius 3 is 2.67 bits per heavy atom. The number of rotatable bonds is 5. The van der Waals surface area contributed by atoms with Crippen molar-refractivity contribution < 1.29 is 18.0 Å². The quantitative estimate of drug-likeness (QED) is 0.497. The van der Waals surface area contributed by atoms with E-state index in [0.717, 1.165) is 33.9 Å². The van der Waals surface area contributed by atoms with E-state index in [-0.39, 0.29) is 12.1 Å². The number of amides is 1. The first-order valence-corrected chi connectivity index (χ1v) is 10.0. The summed E-state index contributed by atoms with van der Waals surface area (Å²) in [6.07, 6.45) is -4.01. The van der Waals surface area contributed by atoms with E-state index in [0.29, 0.717) is 12.2 Å². The Kier molecular flexibility index (Phi) is 5.29. The second kappa shape index (κ2) is 7.91. The Morgan fingerprint density at radius 1 is 1.17 bits per heavy atom. The van der Waals surface area contributed by atoms with Crippen LogP contribution < -0.4 is 5.32 Å². The van der Waals surface area contributed by atoms with Crippen LogP contribution in [0.4, 0.5) is 13.2 Å². The minimum atomic E-state index is -4.49. The molecule has 0 radical (unpaired) electrons. The van der Waals surface area contributed by atoms with E-state index in [4.69, 9.17) is 0 Å². The molecule has 154 valence electrons. The number of thiazole rings is 1. The molecule has 0 unspecified atom stereocenters. The number of hydrogen-bond acceptors (Lipinski definition) is 4. The van der Waals surface area contributed by atoms with Gasteiger partial charge < -0.3 is 5.32 Å². The summed E-state index contributed by atoms with van der Waals surface area (Å²) in [4.78, 5) is 17.5. The van der Waals surface area contributed by atoms with Crippen LogP contribution in [-0.4, -0.2) is 27.0 Å². The fourth-order valence-corrected chi connectivity index (χ4v) is 3.82. The highest BCUT2D eigenvalue weighted by Crippen LogP contribution is 2.29. The fourth-order valence-electron chi connectivity index (χ4n) is 2.96. The van der Waals surface area contributed by atoms with Crippen molar-refractivity contribution in [3.63, 3.8) is 0 Å².